The van der Waals surface area contributed by atoms with Crippen molar-refractivity contribution in [2.45, 2.75) is 43.6 Å². The maximum absolute atomic E-state index is 10.7. The molecule has 0 bridgehead atoms. The number of furan rings is 1. The Morgan fingerprint density at radius 1 is 1.11 bits per heavy atom. The molecule has 0 radical (unpaired) electrons. The monoisotopic (exact) mass is 256 g/mol. The molecule has 1 aromatic carbocycles. The van der Waals surface area contributed by atoms with E-state index >= 15 is 0 Å². The van der Waals surface area contributed by atoms with Gasteiger partial charge in [-0.15, -0.1) is 0 Å². The highest BCUT2D eigenvalue weighted by atomic mass is 16.3. The standard InChI is InChI=1S/C17H20O2/c18-17(12-14-8-11-19-13-14)9-6-16(7-10-17)15-4-2-1-3-5-15/h1-5,8,11,13,16,18H,6-7,9-10,12H2. The van der Waals surface area contributed by atoms with Crippen molar-refractivity contribution in [2.24, 2.45) is 0 Å². The maximum atomic E-state index is 10.7. The van der Waals surface area contributed by atoms with Gasteiger partial charge in [0.05, 0.1) is 18.1 Å². The minimum atomic E-state index is -0.546. The van der Waals surface area contributed by atoms with E-state index in [4.69, 9.17) is 4.42 Å². The second-order valence-electron chi connectivity index (χ2n) is 5.72. The summed E-state index contributed by atoms with van der Waals surface area (Å²) in [5, 5.41) is 10.7. The molecule has 1 aliphatic rings. The van der Waals surface area contributed by atoms with Gasteiger partial charge in [0.25, 0.3) is 0 Å². The summed E-state index contributed by atoms with van der Waals surface area (Å²) in [6.07, 6.45) is 8.01. The molecular weight excluding hydrogens is 236 g/mol. The van der Waals surface area contributed by atoms with Gasteiger partial charge < -0.3 is 9.52 Å². The molecule has 3 rings (SSSR count). The molecule has 0 amide bonds. The van der Waals surface area contributed by atoms with Crippen molar-refractivity contribution < 1.29 is 9.52 Å². The molecule has 19 heavy (non-hydrogen) atoms. The van der Waals surface area contributed by atoms with Crippen LogP contribution in [0, 0.1) is 0 Å². The van der Waals surface area contributed by atoms with Gasteiger partial charge in [-0.2, -0.15) is 0 Å². The molecule has 0 atom stereocenters. The zero-order valence-electron chi connectivity index (χ0n) is 11.1. The van der Waals surface area contributed by atoms with E-state index < -0.39 is 5.60 Å². The predicted molar refractivity (Wildman–Crippen MR) is 75.0 cm³/mol. The molecule has 0 aliphatic heterocycles. The van der Waals surface area contributed by atoms with Crippen molar-refractivity contribution in [1.82, 2.24) is 0 Å². The fraction of sp³-hybridized carbons (Fsp3) is 0.412. The summed E-state index contributed by atoms with van der Waals surface area (Å²) in [7, 11) is 0. The maximum Gasteiger partial charge on any atom is 0.0935 e. The number of hydrogen-bond donors (Lipinski definition) is 1. The third-order valence-corrected chi connectivity index (χ3v) is 4.30. The molecule has 1 N–H and O–H groups in total. The van der Waals surface area contributed by atoms with E-state index in [0.717, 1.165) is 31.2 Å². The first-order valence-corrected chi connectivity index (χ1v) is 7.04. The van der Waals surface area contributed by atoms with Crippen LogP contribution in [0.15, 0.2) is 53.3 Å². The van der Waals surface area contributed by atoms with E-state index in [1.54, 1.807) is 12.5 Å². The first-order chi connectivity index (χ1) is 9.25. The highest BCUT2D eigenvalue weighted by molar-refractivity contribution is 5.21. The Balaban J connectivity index is 1.62. The highest BCUT2D eigenvalue weighted by Crippen LogP contribution is 2.39. The van der Waals surface area contributed by atoms with Crippen molar-refractivity contribution >= 4 is 0 Å². The molecule has 1 aromatic heterocycles. The lowest BCUT2D eigenvalue weighted by Crippen LogP contribution is -2.35. The van der Waals surface area contributed by atoms with Gasteiger partial charge in [-0.25, -0.2) is 0 Å². The first-order valence-electron chi connectivity index (χ1n) is 7.04. The molecule has 1 aliphatic carbocycles. The lowest BCUT2D eigenvalue weighted by atomic mass is 9.74. The second-order valence-corrected chi connectivity index (χ2v) is 5.72. The predicted octanol–water partition coefficient (Wildman–Crippen LogP) is 3.91. The summed E-state index contributed by atoms with van der Waals surface area (Å²) in [5.41, 5.74) is 1.96. The van der Waals surface area contributed by atoms with Gasteiger partial charge in [0.1, 0.15) is 0 Å². The molecule has 1 heterocycles. The summed E-state index contributed by atoms with van der Waals surface area (Å²) in [4.78, 5) is 0. The Morgan fingerprint density at radius 2 is 1.84 bits per heavy atom. The lowest BCUT2D eigenvalue weighted by Gasteiger charge is -2.36. The van der Waals surface area contributed by atoms with Crippen LogP contribution in [-0.2, 0) is 6.42 Å². The average Bonchev–Trinajstić information content (AvgIpc) is 2.93. The van der Waals surface area contributed by atoms with E-state index in [1.807, 2.05) is 6.07 Å². The van der Waals surface area contributed by atoms with Gasteiger partial charge in [0.15, 0.2) is 0 Å². The van der Waals surface area contributed by atoms with E-state index in [2.05, 4.69) is 30.3 Å². The van der Waals surface area contributed by atoms with Crippen LogP contribution in [0.2, 0.25) is 0 Å². The summed E-state index contributed by atoms with van der Waals surface area (Å²) < 4.78 is 5.08. The fourth-order valence-electron chi connectivity index (χ4n) is 3.16. The van der Waals surface area contributed by atoms with E-state index in [0.29, 0.717) is 12.3 Å². The molecule has 0 saturated heterocycles. The Bertz CT molecular complexity index is 493. The smallest absolute Gasteiger partial charge is 0.0935 e. The molecule has 100 valence electrons. The van der Waals surface area contributed by atoms with Crippen molar-refractivity contribution in [3.05, 3.63) is 60.1 Å². The molecule has 0 spiro atoms. The van der Waals surface area contributed by atoms with Crippen LogP contribution >= 0.6 is 0 Å². The largest absolute Gasteiger partial charge is 0.472 e. The minimum Gasteiger partial charge on any atom is -0.472 e. The van der Waals surface area contributed by atoms with Crippen molar-refractivity contribution in [3.63, 3.8) is 0 Å². The number of hydrogen-bond acceptors (Lipinski definition) is 2. The summed E-state index contributed by atoms with van der Waals surface area (Å²) in [5.74, 6) is 0.603. The van der Waals surface area contributed by atoms with Gasteiger partial charge in [-0.1, -0.05) is 30.3 Å². The summed E-state index contributed by atoms with van der Waals surface area (Å²) in [6.45, 7) is 0. The highest BCUT2D eigenvalue weighted by Gasteiger charge is 2.33. The fourth-order valence-corrected chi connectivity index (χ4v) is 3.16. The zero-order valence-corrected chi connectivity index (χ0v) is 11.1. The molecule has 2 aromatic rings. The summed E-state index contributed by atoms with van der Waals surface area (Å²) in [6, 6.07) is 12.6. The van der Waals surface area contributed by atoms with Gasteiger partial charge in [-0.3, -0.25) is 0 Å². The van der Waals surface area contributed by atoms with Crippen molar-refractivity contribution in [1.29, 1.82) is 0 Å². The third-order valence-electron chi connectivity index (χ3n) is 4.30. The minimum absolute atomic E-state index is 0.546. The van der Waals surface area contributed by atoms with Crippen LogP contribution in [-0.4, -0.2) is 10.7 Å². The zero-order chi connectivity index (χ0) is 13.1. The van der Waals surface area contributed by atoms with Gasteiger partial charge in [0.2, 0.25) is 0 Å². The second kappa shape index (κ2) is 5.22. The topological polar surface area (TPSA) is 33.4 Å². The molecule has 0 unspecified atom stereocenters. The lowest BCUT2D eigenvalue weighted by molar-refractivity contribution is -0.000567. The van der Waals surface area contributed by atoms with Gasteiger partial charge in [-0.05, 0) is 48.8 Å². The third kappa shape index (κ3) is 2.90. The van der Waals surface area contributed by atoms with Crippen LogP contribution in [0.5, 0.6) is 0 Å². The van der Waals surface area contributed by atoms with E-state index in [-0.39, 0.29) is 0 Å². The average molecular weight is 256 g/mol. The Morgan fingerprint density at radius 3 is 2.47 bits per heavy atom. The van der Waals surface area contributed by atoms with Crippen LogP contribution in [0.3, 0.4) is 0 Å². The quantitative estimate of drug-likeness (QED) is 0.903. The Labute approximate surface area is 114 Å². The molecule has 2 heteroatoms. The van der Waals surface area contributed by atoms with Crippen LogP contribution < -0.4 is 0 Å². The normalized spacial score (nSPS) is 27.3. The SMILES string of the molecule is OC1(Cc2ccoc2)CCC(c2ccccc2)CC1. The molecule has 1 saturated carbocycles. The Kier molecular flexibility index (Phi) is 3.43. The number of rotatable bonds is 3. The van der Waals surface area contributed by atoms with Gasteiger partial charge >= 0.3 is 0 Å². The number of aliphatic hydroxyl groups is 1. The first kappa shape index (κ1) is 12.5. The van der Waals surface area contributed by atoms with Gasteiger partial charge in [0, 0.05) is 6.42 Å². The molecular formula is C17H20O2. The molecule has 1 fully saturated rings. The number of benzene rings is 1. The molecule has 2 nitrogen and oxygen atoms in total. The van der Waals surface area contributed by atoms with E-state index in [1.165, 1.54) is 5.56 Å². The van der Waals surface area contributed by atoms with Crippen LogP contribution in [0.25, 0.3) is 0 Å². The van der Waals surface area contributed by atoms with Crippen molar-refractivity contribution in [2.75, 3.05) is 0 Å². The van der Waals surface area contributed by atoms with E-state index in [9.17, 15) is 5.11 Å². The summed E-state index contributed by atoms with van der Waals surface area (Å²) >= 11 is 0. The Hall–Kier alpha value is -1.54. The van der Waals surface area contributed by atoms with Crippen LogP contribution in [0.1, 0.15) is 42.7 Å². The van der Waals surface area contributed by atoms with Crippen LogP contribution in [0.4, 0.5) is 0 Å². The van der Waals surface area contributed by atoms with Crippen molar-refractivity contribution in [3.8, 4) is 0 Å².